The first-order chi connectivity index (χ1) is 9.74. The molecule has 0 aromatic heterocycles. The molecule has 0 aliphatic heterocycles. The number of benzene rings is 2. The van der Waals surface area contributed by atoms with Crippen LogP contribution in [0.3, 0.4) is 0 Å². The summed E-state index contributed by atoms with van der Waals surface area (Å²) in [6.07, 6.45) is 2.75. The third-order valence-electron chi connectivity index (χ3n) is 3.84. The molecule has 2 nitrogen and oxygen atoms in total. The monoisotopic (exact) mass is 377 g/mol. The first-order valence-corrected chi connectivity index (χ1v) is 7.94. The molecule has 20 heavy (non-hydrogen) atoms. The summed E-state index contributed by atoms with van der Waals surface area (Å²) in [6.45, 7) is 0. The molecule has 1 amide bonds. The van der Waals surface area contributed by atoms with Crippen molar-refractivity contribution in [3.63, 3.8) is 0 Å². The van der Waals surface area contributed by atoms with Crippen molar-refractivity contribution >= 4 is 34.2 Å². The van der Waals surface area contributed by atoms with Crippen LogP contribution in [0.15, 0.2) is 48.5 Å². The highest BCUT2D eigenvalue weighted by atomic mass is 127. The van der Waals surface area contributed by atoms with Crippen LogP contribution in [-0.4, -0.2) is 5.91 Å². The van der Waals surface area contributed by atoms with E-state index in [1.54, 1.807) is 0 Å². The number of amides is 1. The molecule has 2 aromatic rings. The number of fused-ring (bicyclic) bond motifs is 1. The third kappa shape index (κ3) is 2.87. The summed E-state index contributed by atoms with van der Waals surface area (Å²) in [6, 6.07) is 16.3. The van der Waals surface area contributed by atoms with Crippen LogP contribution in [0.5, 0.6) is 0 Å². The van der Waals surface area contributed by atoms with Gasteiger partial charge in [0.1, 0.15) is 0 Å². The predicted molar refractivity (Wildman–Crippen MR) is 89.9 cm³/mol. The average Bonchev–Trinajstić information content (AvgIpc) is 2.85. The van der Waals surface area contributed by atoms with Gasteiger partial charge in [-0.25, -0.2) is 0 Å². The molecule has 3 heteroatoms. The summed E-state index contributed by atoms with van der Waals surface area (Å²) in [7, 11) is 0. The van der Waals surface area contributed by atoms with Gasteiger partial charge < -0.3 is 5.32 Å². The highest BCUT2D eigenvalue weighted by Gasteiger charge is 2.24. The molecular weight excluding hydrogens is 361 g/mol. The van der Waals surface area contributed by atoms with E-state index in [9.17, 15) is 4.79 Å². The number of hydrogen-bond donors (Lipinski definition) is 1. The Balaban J connectivity index is 1.68. The van der Waals surface area contributed by atoms with Crippen LogP contribution in [0.1, 0.15) is 29.9 Å². The van der Waals surface area contributed by atoms with Gasteiger partial charge in [0, 0.05) is 9.99 Å². The molecule has 1 atom stereocenters. The van der Waals surface area contributed by atoms with Gasteiger partial charge in [0.15, 0.2) is 0 Å². The minimum absolute atomic E-state index is 0.107. The van der Waals surface area contributed by atoms with E-state index in [0.29, 0.717) is 12.3 Å². The minimum Gasteiger partial charge on any atom is -0.325 e. The van der Waals surface area contributed by atoms with Crippen LogP contribution in [0.2, 0.25) is 0 Å². The van der Waals surface area contributed by atoms with E-state index < -0.39 is 0 Å². The van der Waals surface area contributed by atoms with Crippen LogP contribution >= 0.6 is 22.6 Å². The summed E-state index contributed by atoms with van der Waals surface area (Å²) in [5.41, 5.74) is 3.66. The molecule has 0 saturated heterocycles. The minimum atomic E-state index is 0.107. The van der Waals surface area contributed by atoms with E-state index in [4.69, 9.17) is 0 Å². The molecule has 0 spiro atoms. The Morgan fingerprint density at radius 3 is 2.75 bits per heavy atom. The van der Waals surface area contributed by atoms with Crippen molar-refractivity contribution in [1.29, 1.82) is 0 Å². The van der Waals surface area contributed by atoms with Crippen LogP contribution in [0, 0.1) is 3.57 Å². The number of carbonyl (C=O) groups is 1. The van der Waals surface area contributed by atoms with Crippen molar-refractivity contribution in [2.24, 2.45) is 0 Å². The van der Waals surface area contributed by atoms with Gasteiger partial charge in [0.2, 0.25) is 5.91 Å². The maximum Gasteiger partial charge on any atom is 0.225 e. The predicted octanol–water partition coefficient (Wildman–Crippen LogP) is 4.35. The molecule has 0 saturated carbocycles. The zero-order chi connectivity index (χ0) is 13.9. The van der Waals surface area contributed by atoms with Gasteiger partial charge in [0.25, 0.3) is 0 Å². The summed E-state index contributed by atoms with van der Waals surface area (Å²) >= 11 is 2.24. The summed E-state index contributed by atoms with van der Waals surface area (Å²) in [5, 5.41) is 3.02. The number of nitrogens with one attached hydrogen (secondary N) is 1. The van der Waals surface area contributed by atoms with E-state index in [1.807, 2.05) is 24.3 Å². The Hall–Kier alpha value is -1.36. The van der Waals surface area contributed by atoms with E-state index in [-0.39, 0.29) is 5.91 Å². The lowest BCUT2D eigenvalue weighted by Crippen LogP contribution is -2.15. The largest absolute Gasteiger partial charge is 0.325 e. The molecule has 0 heterocycles. The van der Waals surface area contributed by atoms with Gasteiger partial charge in [-0.2, -0.15) is 0 Å². The smallest absolute Gasteiger partial charge is 0.225 e. The van der Waals surface area contributed by atoms with Crippen molar-refractivity contribution in [3.8, 4) is 0 Å². The molecular formula is C17H16INO. The zero-order valence-corrected chi connectivity index (χ0v) is 13.3. The molecule has 1 aliphatic rings. The van der Waals surface area contributed by atoms with E-state index >= 15 is 0 Å². The lowest BCUT2D eigenvalue weighted by molar-refractivity contribution is -0.116. The fourth-order valence-corrected chi connectivity index (χ4v) is 3.37. The molecule has 102 valence electrons. The Bertz CT molecular complexity index is 638. The normalized spacial score (nSPS) is 16.8. The molecule has 0 radical (unpaired) electrons. The van der Waals surface area contributed by atoms with Crippen molar-refractivity contribution in [2.45, 2.75) is 25.2 Å². The van der Waals surface area contributed by atoms with Crippen molar-refractivity contribution in [2.75, 3.05) is 5.32 Å². The number of para-hydroxylation sites is 1. The van der Waals surface area contributed by atoms with E-state index in [1.165, 1.54) is 11.1 Å². The summed E-state index contributed by atoms with van der Waals surface area (Å²) in [5.74, 6) is 0.475. The maximum absolute atomic E-state index is 12.2. The molecule has 3 rings (SSSR count). The zero-order valence-electron chi connectivity index (χ0n) is 11.1. The summed E-state index contributed by atoms with van der Waals surface area (Å²) in [4.78, 5) is 12.2. The van der Waals surface area contributed by atoms with Gasteiger partial charge in [-0.3, -0.25) is 4.79 Å². The topological polar surface area (TPSA) is 29.1 Å². The van der Waals surface area contributed by atoms with Gasteiger partial charge in [-0.05, 0) is 64.6 Å². The number of hydrogen-bond acceptors (Lipinski definition) is 1. The Kier molecular flexibility index (Phi) is 4.05. The standard InChI is InChI=1S/C17H16INO/c18-15-7-3-4-8-16(15)19-17(20)11-13-10-9-12-5-1-2-6-14(12)13/h1-8,13H,9-11H2,(H,19,20). The van der Waals surface area contributed by atoms with Gasteiger partial charge >= 0.3 is 0 Å². The lowest BCUT2D eigenvalue weighted by Gasteiger charge is -2.12. The number of anilines is 1. The number of carbonyl (C=O) groups excluding carboxylic acids is 1. The highest BCUT2D eigenvalue weighted by molar-refractivity contribution is 14.1. The highest BCUT2D eigenvalue weighted by Crippen LogP contribution is 2.35. The number of aryl methyl sites for hydroxylation is 1. The quantitative estimate of drug-likeness (QED) is 0.792. The Morgan fingerprint density at radius 1 is 1.15 bits per heavy atom. The van der Waals surface area contributed by atoms with Crippen molar-refractivity contribution < 1.29 is 4.79 Å². The van der Waals surface area contributed by atoms with Gasteiger partial charge in [0.05, 0.1) is 5.69 Å². The maximum atomic E-state index is 12.2. The second kappa shape index (κ2) is 5.95. The molecule has 1 N–H and O–H groups in total. The molecule has 0 fully saturated rings. The van der Waals surface area contributed by atoms with Crippen molar-refractivity contribution in [3.05, 3.63) is 63.2 Å². The number of rotatable bonds is 3. The lowest BCUT2D eigenvalue weighted by atomic mass is 9.97. The van der Waals surface area contributed by atoms with E-state index in [2.05, 4.69) is 52.2 Å². The fraction of sp³-hybridized carbons (Fsp3) is 0.235. The second-order valence-electron chi connectivity index (χ2n) is 5.17. The Labute approximate surface area is 132 Å². The first-order valence-electron chi connectivity index (χ1n) is 6.86. The van der Waals surface area contributed by atoms with Crippen LogP contribution < -0.4 is 5.32 Å². The fourth-order valence-electron chi connectivity index (χ4n) is 2.84. The van der Waals surface area contributed by atoms with Gasteiger partial charge in [-0.1, -0.05) is 36.4 Å². The SMILES string of the molecule is O=C(CC1CCc2ccccc21)Nc1ccccc1I. The third-order valence-corrected chi connectivity index (χ3v) is 4.78. The summed E-state index contributed by atoms with van der Waals surface area (Å²) < 4.78 is 1.07. The van der Waals surface area contributed by atoms with Gasteiger partial charge in [-0.15, -0.1) is 0 Å². The van der Waals surface area contributed by atoms with Crippen LogP contribution in [-0.2, 0) is 11.2 Å². The molecule has 2 aromatic carbocycles. The van der Waals surface area contributed by atoms with Crippen molar-refractivity contribution in [1.82, 2.24) is 0 Å². The molecule has 1 unspecified atom stereocenters. The molecule has 1 aliphatic carbocycles. The van der Waals surface area contributed by atoms with E-state index in [0.717, 1.165) is 22.1 Å². The first kappa shape index (κ1) is 13.6. The number of halogens is 1. The Morgan fingerprint density at radius 2 is 1.90 bits per heavy atom. The second-order valence-corrected chi connectivity index (χ2v) is 6.33. The van der Waals surface area contributed by atoms with Crippen LogP contribution in [0.4, 0.5) is 5.69 Å². The van der Waals surface area contributed by atoms with Crippen LogP contribution in [0.25, 0.3) is 0 Å². The molecule has 0 bridgehead atoms. The average molecular weight is 377 g/mol.